The molecular formula is C17H25IO. The molecule has 0 aliphatic heterocycles. The van der Waals surface area contributed by atoms with E-state index in [0.29, 0.717) is 0 Å². The van der Waals surface area contributed by atoms with Crippen molar-refractivity contribution in [3.8, 4) is 0 Å². The molecule has 0 bridgehead atoms. The zero-order valence-electron chi connectivity index (χ0n) is 12.0. The summed E-state index contributed by atoms with van der Waals surface area (Å²) < 4.78 is 1.26. The van der Waals surface area contributed by atoms with E-state index in [-0.39, 0.29) is 0 Å². The summed E-state index contributed by atoms with van der Waals surface area (Å²) >= 11 is 2.32. The van der Waals surface area contributed by atoms with E-state index in [1.807, 2.05) is 0 Å². The Hall–Kier alpha value is -0.0900. The Bertz CT molecular complexity index is 398. The quantitative estimate of drug-likeness (QED) is 0.597. The lowest BCUT2D eigenvalue weighted by atomic mass is 9.85. The summed E-state index contributed by atoms with van der Waals surface area (Å²) in [6, 6.07) is 8.58. The Morgan fingerprint density at radius 2 is 1.89 bits per heavy atom. The summed E-state index contributed by atoms with van der Waals surface area (Å²) in [5, 5.41) is 10.9. The second-order valence-electron chi connectivity index (χ2n) is 6.46. The van der Waals surface area contributed by atoms with Crippen molar-refractivity contribution >= 4 is 22.6 Å². The third-order valence-corrected chi connectivity index (χ3v) is 5.31. The van der Waals surface area contributed by atoms with Crippen LogP contribution in [0.5, 0.6) is 0 Å². The van der Waals surface area contributed by atoms with Crippen molar-refractivity contribution in [2.24, 2.45) is 11.8 Å². The molecule has 0 heterocycles. The summed E-state index contributed by atoms with van der Waals surface area (Å²) in [6.45, 7) is 4.63. The summed E-state index contributed by atoms with van der Waals surface area (Å²) in [5.41, 5.74) is 0.794. The van der Waals surface area contributed by atoms with Crippen LogP contribution in [0.4, 0.5) is 0 Å². The van der Waals surface area contributed by atoms with E-state index in [4.69, 9.17) is 0 Å². The summed E-state index contributed by atoms with van der Waals surface area (Å²) in [4.78, 5) is 0. The molecule has 1 aromatic rings. The first kappa shape index (κ1) is 15.3. The molecule has 106 valence electrons. The molecule has 0 spiro atoms. The van der Waals surface area contributed by atoms with Crippen LogP contribution in [0.25, 0.3) is 0 Å². The van der Waals surface area contributed by atoms with Gasteiger partial charge in [-0.3, -0.25) is 0 Å². The fourth-order valence-corrected chi connectivity index (χ4v) is 3.60. The molecule has 2 heteroatoms. The third-order valence-electron chi connectivity index (χ3n) is 4.59. The van der Waals surface area contributed by atoms with Crippen LogP contribution in [0.1, 0.15) is 51.5 Å². The van der Waals surface area contributed by atoms with Crippen LogP contribution < -0.4 is 0 Å². The molecule has 0 radical (unpaired) electrons. The van der Waals surface area contributed by atoms with Gasteiger partial charge in [-0.1, -0.05) is 38.8 Å². The SMILES string of the molecule is CC(C)C1CCCC(O)(Cc2ccc(I)cc2)CC1. The van der Waals surface area contributed by atoms with Gasteiger partial charge in [-0.15, -0.1) is 0 Å². The first-order valence-electron chi connectivity index (χ1n) is 7.45. The highest BCUT2D eigenvalue weighted by atomic mass is 127. The molecule has 1 fully saturated rings. The molecule has 1 aromatic carbocycles. The summed E-state index contributed by atoms with van der Waals surface area (Å²) in [5.74, 6) is 1.55. The lowest BCUT2D eigenvalue weighted by Gasteiger charge is -2.27. The predicted molar refractivity (Wildman–Crippen MR) is 89.2 cm³/mol. The second kappa shape index (κ2) is 6.57. The largest absolute Gasteiger partial charge is 0.390 e. The minimum atomic E-state index is -0.476. The van der Waals surface area contributed by atoms with Crippen LogP contribution in [-0.2, 0) is 6.42 Å². The average molecular weight is 372 g/mol. The Morgan fingerprint density at radius 1 is 1.21 bits per heavy atom. The number of rotatable bonds is 3. The van der Waals surface area contributed by atoms with Gasteiger partial charge in [0.05, 0.1) is 5.60 Å². The van der Waals surface area contributed by atoms with Crippen LogP contribution in [-0.4, -0.2) is 10.7 Å². The fraction of sp³-hybridized carbons (Fsp3) is 0.647. The van der Waals surface area contributed by atoms with Crippen LogP contribution >= 0.6 is 22.6 Å². The highest BCUT2D eigenvalue weighted by Gasteiger charge is 2.31. The number of hydrogen-bond donors (Lipinski definition) is 1. The maximum Gasteiger partial charge on any atom is 0.0688 e. The van der Waals surface area contributed by atoms with Gasteiger partial charge in [0.15, 0.2) is 0 Å². The predicted octanol–water partition coefficient (Wildman–Crippen LogP) is 4.80. The van der Waals surface area contributed by atoms with Crippen LogP contribution in [0.15, 0.2) is 24.3 Å². The van der Waals surface area contributed by atoms with Crippen molar-refractivity contribution in [3.05, 3.63) is 33.4 Å². The van der Waals surface area contributed by atoms with Crippen molar-refractivity contribution in [2.45, 2.75) is 58.0 Å². The standard InChI is InChI=1S/C17H25IO/c1-13(2)15-4-3-10-17(19,11-9-15)12-14-5-7-16(18)8-6-14/h5-8,13,15,19H,3-4,9-12H2,1-2H3. The van der Waals surface area contributed by atoms with Crippen molar-refractivity contribution in [3.63, 3.8) is 0 Å². The summed E-state index contributed by atoms with van der Waals surface area (Å²) in [6.07, 6.45) is 6.37. The van der Waals surface area contributed by atoms with Gasteiger partial charge in [0, 0.05) is 9.99 Å². The normalized spacial score (nSPS) is 28.4. The van der Waals surface area contributed by atoms with Crippen LogP contribution in [0, 0.1) is 15.4 Å². The monoisotopic (exact) mass is 372 g/mol. The van der Waals surface area contributed by atoms with E-state index in [1.54, 1.807) is 0 Å². The van der Waals surface area contributed by atoms with Gasteiger partial charge in [0.2, 0.25) is 0 Å². The van der Waals surface area contributed by atoms with E-state index in [0.717, 1.165) is 31.1 Å². The molecule has 0 amide bonds. The Labute approximate surface area is 130 Å². The van der Waals surface area contributed by atoms with E-state index < -0.39 is 5.60 Å². The lowest BCUT2D eigenvalue weighted by molar-refractivity contribution is 0.0237. The fourth-order valence-electron chi connectivity index (χ4n) is 3.24. The molecule has 0 saturated heterocycles. The molecular weight excluding hydrogens is 347 g/mol. The second-order valence-corrected chi connectivity index (χ2v) is 7.71. The van der Waals surface area contributed by atoms with Crippen molar-refractivity contribution in [1.29, 1.82) is 0 Å². The molecule has 1 N–H and O–H groups in total. The molecule has 2 rings (SSSR count). The molecule has 19 heavy (non-hydrogen) atoms. The van der Waals surface area contributed by atoms with Gasteiger partial charge in [0.25, 0.3) is 0 Å². The summed E-state index contributed by atoms with van der Waals surface area (Å²) in [7, 11) is 0. The lowest BCUT2D eigenvalue weighted by Crippen LogP contribution is -2.30. The number of benzene rings is 1. The minimum absolute atomic E-state index is 0.476. The Balaban J connectivity index is 2.00. The Morgan fingerprint density at radius 3 is 2.53 bits per heavy atom. The van der Waals surface area contributed by atoms with E-state index in [1.165, 1.54) is 28.4 Å². The van der Waals surface area contributed by atoms with Crippen molar-refractivity contribution in [2.75, 3.05) is 0 Å². The highest BCUT2D eigenvalue weighted by molar-refractivity contribution is 14.1. The maximum absolute atomic E-state index is 10.9. The average Bonchev–Trinajstić information content (AvgIpc) is 2.55. The van der Waals surface area contributed by atoms with Gasteiger partial charge < -0.3 is 5.11 Å². The molecule has 1 aliphatic carbocycles. The van der Waals surface area contributed by atoms with Gasteiger partial charge in [0.1, 0.15) is 0 Å². The topological polar surface area (TPSA) is 20.2 Å². The number of halogens is 1. The van der Waals surface area contributed by atoms with Gasteiger partial charge in [-0.2, -0.15) is 0 Å². The van der Waals surface area contributed by atoms with E-state index in [2.05, 4.69) is 60.7 Å². The maximum atomic E-state index is 10.9. The zero-order chi connectivity index (χ0) is 13.9. The molecule has 0 aromatic heterocycles. The number of aliphatic hydroxyl groups is 1. The Kier molecular flexibility index (Phi) is 5.29. The molecule has 1 nitrogen and oxygen atoms in total. The van der Waals surface area contributed by atoms with E-state index in [9.17, 15) is 5.11 Å². The number of hydrogen-bond acceptors (Lipinski definition) is 1. The first-order valence-corrected chi connectivity index (χ1v) is 8.53. The third kappa shape index (κ3) is 4.45. The molecule has 1 saturated carbocycles. The first-order chi connectivity index (χ1) is 8.98. The van der Waals surface area contributed by atoms with Crippen molar-refractivity contribution < 1.29 is 5.11 Å². The van der Waals surface area contributed by atoms with Crippen LogP contribution in [0.2, 0.25) is 0 Å². The molecule has 2 unspecified atom stereocenters. The van der Waals surface area contributed by atoms with Gasteiger partial charge in [-0.05, 0) is 71.4 Å². The van der Waals surface area contributed by atoms with Gasteiger partial charge >= 0.3 is 0 Å². The smallest absolute Gasteiger partial charge is 0.0688 e. The molecule has 1 aliphatic rings. The van der Waals surface area contributed by atoms with Crippen LogP contribution in [0.3, 0.4) is 0 Å². The highest BCUT2D eigenvalue weighted by Crippen LogP contribution is 2.35. The van der Waals surface area contributed by atoms with Crippen molar-refractivity contribution in [1.82, 2.24) is 0 Å². The minimum Gasteiger partial charge on any atom is -0.390 e. The van der Waals surface area contributed by atoms with Gasteiger partial charge in [-0.25, -0.2) is 0 Å². The molecule has 2 atom stereocenters. The zero-order valence-corrected chi connectivity index (χ0v) is 14.2. The van der Waals surface area contributed by atoms with E-state index >= 15 is 0 Å².